The molecule has 0 atom stereocenters. The van der Waals surface area contributed by atoms with Gasteiger partial charge >= 0.3 is 6.09 Å². The summed E-state index contributed by atoms with van der Waals surface area (Å²) in [5, 5.41) is 4.04. The van der Waals surface area contributed by atoms with Crippen molar-refractivity contribution in [3.8, 4) is 0 Å². The van der Waals surface area contributed by atoms with Crippen molar-refractivity contribution in [1.29, 1.82) is 0 Å². The Kier molecular flexibility index (Phi) is 6.82. The van der Waals surface area contributed by atoms with Crippen LogP contribution < -0.4 is 5.32 Å². The lowest BCUT2D eigenvalue weighted by Crippen LogP contribution is -2.61. The Labute approximate surface area is 217 Å². The van der Waals surface area contributed by atoms with E-state index in [0.717, 1.165) is 32.2 Å². The lowest BCUT2D eigenvalue weighted by atomic mass is 10.0. The molecule has 2 aliphatic rings. The van der Waals surface area contributed by atoms with E-state index in [1.54, 1.807) is 9.80 Å². The van der Waals surface area contributed by atoms with Crippen molar-refractivity contribution >= 4 is 44.7 Å². The fraction of sp³-hybridized carbons (Fsp3) is 0.296. The van der Waals surface area contributed by atoms with Crippen LogP contribution in [0.5, 0.6) is 0 Å². The molecule has 3 aromatic rings. The van der Waals surface area contributed by atoms with Crippen LogP contribution in [0.25, 0.3) is 10.9 Å². The Hall–Kier alpha value is -3.59. The standard InChI is InChI=1S/C27H27BrN4O4/c1-2-26(34)31-13-20(14-31)29-25(33)16-32-23-9-8-19(28)12-21(23)22-15-30(11-10-24(22)32)27(35)36-17-18-6-4-3-5-7-18/h2-9,12,20H,1,10-11,13-17H2,(H,29,33). The van der Waals surface area contributed by atoms with Gasteiger partial charge in [-0.1, -0.05) is 52.8 Å². The molecule has 2 aromatic carbocycles. The van der Waals surface area contributed by atoms with Crippen molar-refractivity contribution < 1.29 is 19.1 Å². The van der Waals surface area contributed by atoms with E-state index in [1.807, 2.05) is 53.1 Å². The number of carbonyl (C=O) groups excluding carboxylic acids is 3. The zero-order valence-corrected chi connectivity index (χ0v) is 21.4. The van der Waals surface area contributed by atoms with Crippen LogP contribution in [0.4, 0.5) is 4.79 Å². The number of aromatic nitrogens is 1. The van der Waals surface area contributed by atoms with Gasteiger partial charge in [0.2, 0.25) is 11.8 Å². The van der Waals surface area contributed by atoms with Crippen LogP contribution >= 0.6 is 15.9 Å². The smallest absolute Gasteiger partial charge is 0.410 e. The summed E-state index contributed by atoms with van der Waals surface area (Å²) in [6.45, 7) is 5.83. The molecule has 1 fully saturated rings. The summed E-state index contributed by atoms with van der Waals surface area (Å²) in [6.07, 6.45) is 1.57. The van der Waals surface area contributed by atoms with Gasteiger partial charge in [0.25, 0.3) is 0 Å². The molecule has 186 valence electrons. The quantitative estimate of drug-likeness (QED) is 0.475. The maximum absolute atomic E-state index is 12.9. The number of rotatable bonds is 6. The number of fused-ring (bicyclic) bond motifs is 3. The monoisotopic (exact) mass is 550 g/mol. The average Bonchev–Trinajstić information content (AvgIpc) is 3.16. The Balaban J connectivity index is 1.30. The van der Waals surface area contributed by atoms with E-state index in [9.17, 15) is 14.4 Å². The number of carbonyl (C=O) groups is 3. The highest BCUT2D eigenvalue weighted by Gasteiger charge is 2.32. The third-order valence-electron chi connectivity index (χ3n) is 6.71. The molecular formula is C27H27BrN4O4. The number of benzene rings is 2. The highest BCUT2D eigenvalue weighted by atomic mass is 79.9. The van der Waals surface area contributed by atoms with E-state index in [0.29, 0.717) is 32.6 Å². The number of halogens is 1. The molecule has 0 saturated carbocycles. The average molecular weight is 551 g/mol. The van der Waals surface area contributed by atoms with E-state index >= 15 is 0 Å². The zero-order valence-electron chi connectivity index (χ0n) is 19.8. The van der Waals surface area contributed by atoms with Crippen molar-refractivity contribution in [3.63, 3.8) is 0 Å². The van der Waals surface area contributed by atoms with Crippen molar-refractivity contribution in [2.24, 2.45) is 0 Å². The first-order valence-corrected chi connectivity index (χ1v) is 12.7. The van der Waals surface area contributed by atoms with Gasteiger partial charge in [0, 0.05) is 52.7 Å². The molecule has 3 heterocycles. The minimum absolute atomic E-state index is 0.0527. The third-order valence-corrected chi connectivity index (χ3v) is 7.21. The molecule has 8 nitrogen and oxygen atoms in total. The zero-order chi connectivity index (χ0) is 25.2. The Morgan fingerprint density at radius 1 is 1.11 bits per heavy atom. The fourth-order valence-electron chi connectivity index (χ4n) is 4.87. The Morgan fingerprint density at radius 3 is 2.64 bits per heavy atom. The molecule has 5 rings (SSSR count). The predicted molar refractivity (Wildman–Crippen MR) is 139 cm³/mol. The number of hydrogen-bond acceptors (Lipinski definition) is 4. The molecule has 36 heavy (non-hydrogen) atoms. The van der Waals surface area contributed by atoms with Crippen LogP contribution in [-0.2, 0) is 40.4 Å². The van der Waals surface area contributed by atoms with Gasteiger partial charge in [0.1, 0.15) is 13.2 Å². The van der Waals surface area contributed by atoms with Crippen molar-refractivity contribution in [2.45, 2.75) is 32.2 Å². The van der Waals surface area contributed by atoms with Crippen LogP contribution in [0.1, 0.15) is 16.8 Å². The molecule has 0 aliphatic carbocycles. The topological polar surface area (TPSA) is 83.9 Å². The van der Waals surface area contributed by atoms with Gasteiger partial charge in [0.05, 0.1) is 12.6 Å². The first-order chi connectivity index (χ1) is 17.4. The molecular weight excluding hydrogens is 524 g/mol. The molecule has 1 N–H and O–H groups in total. The van der Waals surface area contributed by atoms with Gasteiger partial charge in [-0.2, -0.15) is 0 Å². The summed E-state index contributed by atoms with van der Waals surface area (Å²) in [5.41, 5.74) is 3.99. The van der Waals surface area contributed by atoms with E-state index < -0.39 is 0 Å². The van der Waals surface area contributed by atoms with Gasteiger partial charge in [-0.05, 0) is 29.8 Å². The van der Waals surface area contributed by atoms with Crippen LogP contribution in [-0.4, -0.2) is 58.0 Å². The van der Waals surface area contributed by atoms with Gasteiger partial charge < -0.3 is 24.4 Å². The molecule has 1 aromatic heterocycles. The number of amides is 3. The maximum Gasteiger partial charge on any atom is 0.410 e. The molecule has 2 aliphatic heterocycles. The Bertz CT molecular complexity index is 1330. The number of nitrogens with zero attached hydrogens (tertiary/aromatic N) is 3. The highest BCUT2D eigenvalue weighted by Crippen LogP contribution is 2.33. The van der Waals surface area contributed by atoms with Crippen LogP contribution in [0.3, 0.4) is 0 Å². The SMILES string of the molecule is C=CC(=O)N1CC(NC(=O)Cn2c3c(c4cc(Br)ccc42)CN(C(=O)OCc2ccccc2)CC3)C1. The molecule has 3 amide bonds. The largest absolute Gasteiger partial charge is 0.445 e. The van der Waals surface area contributed by atoms with Gasteiger partial charge in [-0.3, -0.25) is 9.59 Å². The maximum atomic E-state index is 12.9. The van der Waals surface area contributed by atoms with Gasteiger partial charge in [-0.25, -0.2) is 4.79 Å². The fourth-order valence-corrected chi connectivity index (χ4v) is 5.23. The molecule has 1 saturated heterocycles. The third kappa shape index (κ3) is 4.88. The summed E-state index contributed by atoms with van der Waals surface area (Å²) in [4.78, 5) is 40.7. The summed E-state index contributed by atoms with van der Waals surface area (Å²) in [7, 11) is 0. The first-order valence-electron chi connectivity index (χ1n) is 11.9. The number of nitrogens with one attached hydrogen (secondary N) is 1. The van der Waals surface area contributed by atoms with Gasteiger partial charge in [0.15, 0.2) is 0 Å². The normalized spacial score (nSPS) is 15.2. The molecule has 0 unspecified atom stereocenters. The second-order valence-corrected chi connectivity index (χ2v) is 10.0. The number of ether oxygens (including phenoxy) is 1. The second-order valence-electron chi connectivity index (χ2n) is 9.10. The molecule has 0 spiro atoms. The number of likely N-dealkylation sites (tertiary alicyclic amines) is 1. The minimum Gasteiger partial charge on any atom is -0.445 e. The minimum atomic E-state index is -0.346. The first kappa shape index (κ1) is 24.1. The van der Waals surface area contributed by atoms with Crippen LogP contribution in [0.2, 0.25) is 0 Å². The lowest BCUT2D eigenvalue weighted by molar-refractivity contribution is -0.133. The summed E-state index contributed by atoms with van der Waals surface area (Å²) in [6, 6.07) is 15.6. The van der Waals surface area contributed by atoms with Crippen LogP contribution in [0, 0.1) is 0 Å². The van der Waals surface area contributed by atoms with Crippen molar-refractivity contribution in [1.82, 2.24) is 19.7 Å². The second kappa shape index (κ2) is 10.2. The predicted octanol–water partition coefficient (Wildman–Crippen LogP) is 3.61. The van der Waals surface area contributed by atoms with Crippen LogP contribution in [0.15, 0.2) is 65.7 Å². The molecule has 0 radical (unpaired) electrons. The molecule has 0 bridgehead atoms. The molecule has 9 heteroatoms. The lowest BCUT2D eigenvalue weighted by Gasteiger charge is -2.39. The van der Waals surface area contributed by atoms with E-state index in [1.165, 1.54) is 6.08 Å². The van der Waals surface area contributed by atoms with Crippen molar-refractivity contribution in [2.75, 3.05) is 19.6 Å². The number of hydrogen-bond donors (Lipinski definition) is 1. The van der Waals surface area contributed by atoms with Gasteiger partial charge in [-0.15, -0.1) is 0 Å². The van der Waals surface area contributed by atoms with E-state index in [4.69, 9.17) is 4.74 Å². The summed E-state index contributed by atoms with van der Waals surface area (Å²) >= 11 is 3.56. The van der Waals surface area contributed by atoms with Crippen molar-refractivity contribution in [3.05, 3.63) is 82.5 Å². The van der Waals surface area contributed by atoms with E-state index in [2.05, 4.69) is 27.8 Å². The Morgan fingerprint density at radius 2 is 1.89 bits per heavy atom. The van der Waals surface area contributed by atoms with E-state index in [-0.39, 0.29) is 37.1 Å². The summed E-state index contributed by atoms with van der Waals surface area (Å²) in [5.74, 6) is -0.221. The summed E-state index contributed by atoms with van der Waals surface area (Å²) < 4.78 is 8.54. The highest BCUT2D eigenvalue weighted by molar-refractivity contribution is 9.10.